The summed E-state index contributed by atoms with van der Waals surface area (Å²) in [5, 5.41) is 13.5. The van der Waals surface area contributed by atoms with E-state index in [0.717, 1.165) is 5.69 Å². The smallest absolute Gasteiger partial charge is 0.320 e. The standard InChI is InChI=1S/C11H15N3O3/c1-8-4-2-5-9(13-8)14-11(17)12-7-3-6-10(15)16/h2,4-5H,3,6-7H2,1H3,(H,15,16)(H2,12,13,14,17). The molecule has 0 saturated heterocycles. The first kappa shape index (κ1) is 13.0. The van der Waals surface area contributed by atoms with Crippen molar-refractivity contribution in [2.24, 2.45) is 0 Å². The predicted molar refractivity (Wildman–Crippen MR) is 62.9 cm³/mol. The summed E-state index contributed by atoms with van der Waals surface area (Å²) in [6.45, 7) is 2.15. The van der Waals surface area contributed by atoms with E-state index in [0.29, 0.717) is 18.8 Å². The van der Waals surface area contributed by atoms with Crippen molar-refractivity contribution in [3.63, 3.8) is 0 Å². The maximum Gasteiger partial charge on any atom is 0.320 e. The van der Waals surface area contributed by atoms with Gasteiger partial charge in [0.15, 0.2) is 0 Å². The Hall–Kier alpha value is -2.11. The number of nitrogens with one attached hydrogen (secondary N) is 2. The number of carboxylic acids is 1. The Labute approximate surface area is 99.1 Å². The first-order valence-corrected chi connectivity index (χ1v) is 5.28. The van der Waals surface area contributed by atoms with Gasteiger partial charge in [0.1, 0.15) is 5.82 Å². The molecule has 0 aliphatic heterocycles. The molecule has 0 bridgehead atoms. The lowest BCUT2D eigenvalue weighted by atomic mass is 10.3. The van der Waals surface area contributed by atoms with Gasteiger partial charge in [-0.1, -0.05) is 6.07 Å². The highest BCUT2D eigenvalue weighted by Crippen LogP contribution is 2.03. The minimum Gasteiger partial charge on any atom is -0.481 e. The highest BCUT2D eigenvalue weighted by molar-refractivity contribution is 5.88. The number of rotatable bonds is 5. The average molecular weight is 237 g/mol. The third-order valence-corrected chi connectivity index (χ3v) is 1.98. The van der Waals surface area contributed by atoms with Crippen LogP contribution in [0, 0.1) is 6.92 Å². The molecule has 92 valence electrons. The predicted octanol–water partition coefficient (Wildman–Crippen LogP) is 1.38. The van der Waals surface area contributed by atoms with Crippen LogP contribution in [-0.2, 0) is 4.79 Å². The van der Waals surface area contributed by atoms with Gasteiger partial charge in [-0.25, -0.2) is 9.78 Å². The molecule has 3 N–H and O–H groups in total. The fraction of sp³-hybridized carbons (Fsp3) is 0.364. The quantitative estimate of drug-likeness (QED) is 0.674. The Bertz CT molecular complexity index is 407. The second-order valence-corrected chi connectivity index (χ2v) is 3.54. The molecular formula is C11H15N3O3. The van der Waals surface area contributed by atoms with E-state index in [-0.39, 0.29) is 12.5 Å². The van der Waals surface area contributed by atoms with Crippen molar-refractivity contribution < 1.29 is 14.7 Å². The van der Waals surface area contributed by atoms with Gasteiger partial charge >= 0.3 is 12.0 Å². The number of nitrogens with zero attached hydrogens (tertiary/aromatic N) is 1. The molecule has 2 amide bonds. The van der Waals surface area contributed by atoms with Crippen molar-refractivity contribution in [2.45, 2.75) is 19.8 Å². The third-order valence-electron chi connectivity index (χ3n) is 1.98. The second-order valence-electron chi connectivity index (χ2n) is 3.54. The molecule has 0 spiro atoms. The Balaban J connectivity index is 2.27. The molecule has 1 rings (SSSR count). The number of aromatic nitrogens is 1. The van der Waals surface area contributed by atoms with E-state index in [4.69, 9.17) is 5.11 Å². The molecule has 6 nitrogen and oxygen atoms in total. The molecule has 1 aromatic rings. The highest BCUT2D eigenvalue weighted by atomic mass is 16.4. The Morgan fingerprint density at radius 3 is 2.82 bits per heavy atom. The molecule has 17 heavy (non-hydrogen) atoms. The summed E-state index contributed by atoms with van der Waals surface area (Å²) in [7, 11) is 0. The third kappa shape index (κ3) is 5.50. The van der Waals surface area contributed by atoms with Gasteiger partial charge < -0.3 is 10.4 Å². The summed E-state index contributed by atoms with van der Waals surface area (Å²) in [6, 6.07) is 4.93. The van der Waals surface area contributed by atoms with E-state index >= 15 is 0 Å². The molecule has 0 saturated carbocycles. The maximum atomic E-state index is 11.4. The molecular weight excluding hydrogens is 222 g/mol. The minimum atomic E-state index is -0.868. The summed E-state index contributed by atoms with van der Waals surface area (Å²) < 4.78 is 0. The van der Waals surface area contributed by atoms with Crippen LogP contribution in [0.25, 0.3) is 0 Å². The lowest BCUT2D eigenvalue weighted by Gasteiger charge is -2.06. The number of urea groups is 1. The number of pyridine rings is 1. The maximum absolute atomic E-state index is 11.4. The van der Waals surface area contributed by atoms with Crippen LogP contribution in [0.1, 0.15) is 18.5 Å². The topological polar surface area (TPSA) is 91.3 Å². The van der Waals surface area contributed by atoms with Crippen LogP contribution in [0.15, 0.2) is 18.2 Å². The van der Waals surface area contributed by atoms with Crippen LogP contribution < -0.4 is 10.6 Å². The van der Waals surface area contributed by atoms with E-state index < -0.39 is 5.97 Å². The summed E-state index contributed by atoms with van der Waals surface area (Å²) in [6.07, 6.45) is 0.451. The first-order valence-electron chi connectivity index (χ1n) is 5.28. The summed E-state index contributed by atoms with van der Waals surface area (Å²) >= 11 is 0. The van der Waals surface area contributed by atoms with E-state index in [1.165, 1.54) is 0 Å². The van der Waals surface area contributed by atoms with Gasteiger partial charge in [0, 0.05) is 18.7 Å². The number of hydrogen-bond acceptors (Lipinski definition) is 3. The molecule has 0 atom stereocenters. The van der Waals surface area contributed by atoms with Gasteiger partial charge in [-0.15, -0.1) is 0 Å². The van der Waals surface area contributed by atoms with Crippen molar-refractivity contribution in [2.75, 3.05) is 11.9 Å². The first-order chi connectivity index (χ1) is 8.08. The largest absolute Gasteiger partial charge is 0.481 e. The number of carboxylic acid groups (broad SMARTS) is 1. The van der Waals surface area contributed by atoms with Gasteiger partial charge in [0.05, 0.1) is 0 Å². The Morgan fingerprint density at radius 1 is 1.41 bits per heavy atom. The highest BCUT2D eigenvalue weighted by Gasteiger charge is 2.02. The van der Waals surface area contributed by atoms with Gasteiger partial charge in [-0.2, -0.15) is 0 Å². The zero-order valence-corrected chi connectivity index (χ0v) is 9.56. The van der Waals surface area contributed by atoms with Crippen LogP contribution in [0.4, 0.5) is 10.6 Å². The Morgan fingerprint density at radius 2 is 2.18 bits per heavy atom. The lowest BCUT2D eigenvalue weighted by molar-refractivity contribution is -0.137. The zero-order chi connectivity index (χ0) is 12.7. The van der Waals surface area contributed by atoms with Crippen LogP contribution in [0.3, 0.4) is 0 Å². The zero-order valence-electron chi connectivity index (χ0n) is 9.56. The number of amides is 2. The van der Waals surface area contributed by atoms with Gasteiger partial charge in [-0.3, -0.25) is 10.1 Å². The number of anilines is 1. The van der Waals surface area contributed by atoms with Crippen LogP contribution in [0.2, 0.25) is 0 Å². The SMILES string of the molecule is Cc1cccc(NC(=O)NCCCC(=O)O)n1. The molecule has 1 heterocycles. The fourth-order valence-electron chi connectivity index (χ4n) is 1.21. The molecule has 1 aromatic heterocycles. The van der Waals surface area contributed by atoms with Crippen LogP contribution in [0.5, 0.6) is 0 Å². The molecule has 6 heteroatoms. The number of carbonyl (C=O) groups is 2. The molecule has 0 fully saturated rings. The second kappa shape index (κ2) is 6.47. The van der Waals surface area contributed by atoms with Gasteiger partial charge in [0.2, 0.25) is 0 Å². The number of aryl methyl sites for hydroxylation is 1. The molecule has 0 unspecified atom stereocenters. The Kier molecular flexibility index (Phi) is 4.93. The minimum absolute atomic E-state index is 0.0446. The van der Waals surface area contributed by atoms with Crippen molar-refractivity contribution in [3.05, 3.63) is 23.9 Å². The summed E-state index contributed by atoms with van der Waals surface area (Å²) in [5.74, 6) is -0.395. The lowest BCUT2D eigenvalue weighted by Crippen LogP contribution is -2.30. The van der Waals surface area contributed by atoms with E-state index in [2.05, 4.69) is 15.6 Å². The van der Waals surface area contributed by atoms with Crippen molar-refractivity contribution in [1.29, 1.82) is 0 Å². The average Bonchev–Trinajstić information content (AvgIpc) is 2.24. The summed E-state index contributed by atoms with van der Waals surface area (Å²) in [5.41, 5.74) is 0.814. The van der Waals surface area contributed by atoms with E-state index in [9.17, 15) is 9.59 Å². The summed E-state index contributed by atoms with van der Waals surface area (Å²) in [4.78, 5) is 25.7. The van der Waals surface area contributed by atoms with Crippen molar-refractivity contribution in [1.82, 2.24) is 10.3 Å². The van der Waals surface area contributed by atoms with Gasteiger partial charge in [-0.05, 0) is 25.5 Å². The number of aliphatic carboxylic acids is 1. The van der Waals surface area contributed by atoms with Crippen molar-refractivity contribution in [3.8, 4) is 0 Å². The van der Waals surface area contributed by atoms with Crippen molar-refractivity contribution >= 4 is 17.8 Å². The monoisotopic (exact) mass is 237 g/mol. The molecule has 0 aromatic carbocycles. The van der Waals surface area contributed by atoms with Gasteiger partial charge in [0.25, 0.3) is 0 Å². The van der Waals surface area contributed by atoms with E-state index in [1.807, 2.05) is 13.0 Å². The van der Waals surface area contributed by atoms with E-state index in [1.54, 1.807) is 12.1 Å². The van der Waals surface area contributed by atoms with Crippen LogP contribution in [-0.4, -0.2) is 28.6 Å². The molecule has 0 radical (unpaired) electrons. The fourth-order valence-corrected chi connectivity index (χ4v) is 1.21. The molecule has 0 aliphatic rings. The number of hydrogen-bond donors (Lipinski definition) is 3. The van der Waals surface area contributed by atoms with Crippen LogP contribution >= 0.6 is 0 Å². The number of carbonyl (C=O) groups excluding carboxylic acids is 1. The molecule has 0 aliphatic carbocycles. The normalized spacial score (nSPS) is 9.71.